The molecule has 1 aliphatic rings. The summed E-state index contributed by atoms with van der Waals surface area (Å²) in [6.45, 7) is 17.6. The maximum Gasteiger partial charge on any atom is 0.337 e. The third-order valence-corrected chi connectivity index (χ3v) is 8.39. The fraction of sp³-hybridized carbons (Fsp3) is 0.526. The van der Waals surface area contributed by atoms with Crippen LogP contribution in [0.4, 0.5) is 10.1 Å². The molecular weight excluding hydrogens is 599 g/mol. The molecule has 1 aliphatic heterocycles. The zero-order valence-electron chi connectivity index (χ0n) is 29.0. The Balaban J connectivity index is 1.77. The Hall–Kier alpha value is -3.53. The molecule has 9 heteroatoms. The highest BCUT2D eigenvalue weighted by Crippen LogP contribution is 2.45. The van der Waals surface area contributed by atoms with Crippen molar-refractivity contribution in [1.82, 2.24) is 4.98 Å². The summed E-state index contributed by atoms with van der Waals surface area (Å²) in [4.78, 5) is 20.3. The standard InChI is InChI=1S/C38H51FN2O6/c1-8-44-23-24-45-25-31-33(35(36(42)43)47-37(3,4)5)34(41-20-18-38(6,7)19-21-41)32(26(2)40-31)28-11-15-30(16-12-28)46-22-17-27-9-13-29(39)14-10-27/h9-16,35H,8,17-25H2,1-7H3,(H,42,43). The highest BCUT2D eigenvalue weighted by molar-refractivity contribution is 5.88. The van der Waals surface area contributed by atoms with Crippen molar-refractivity contribution < 1.29 is 33.2 Å². The third kappa shape index (κ3) is 10.2. The van der Waals surface area contributed by atoms with Crippen LogP contribution >= 0.6 is 0 Å². The van der Waals surface area contributed by atoms with Gasteiger partial charge in [0.05, 0.1) is 43.4 Å². The predicted molar refractivity (Wildman–Crippen MR) is 183 cm³/mol. The second-order valence-electron chi connectivity index (χ2n) is 13.9. The van der Waals surface area contributed by atoms with Crippen LogP contribution in [0, 0.1) is 18.2 Å². The van der Waals surface area contributed by atoms with Gasteiger partial charge in [0.25, 0.3) is 0 Å². The van der Waals surface area contributed by atoms with E-state index in [0.29, 0.717) is 49.9 Å². The third-order valence-electron chi connectivity index (χ3n) is 8.39. The number of hydrogen-bond acceptors (Lipinski definition) is 7. The van der Waals surface area contributed by atoms with Gasteiger partial charge in [-0.2, -0.15) is 0 Å². The van der Waals surface area contributed by atoms with Gasteiger partial charge >= 0.3 is 5.97 Å². The molecular formula is C38H51FN2O6. The second kappa shape index (κ2) is 16.0. The molecule has 47 heavy (non-hydrogen) atoms. The maximum absolute atomic E-state index is 13.3. The highest BCUT2D eigenvalue weighted by atomic mass is 19.1. The first-order chi connectivity index (χ1) is 22.3. The van der Waals surface area contributed by atoms with Gasteiger partial charge in [-0.3, -0.25) is 4.98 Å². The van der Waals surface area contributed by atoms with Crippen LogP contribution in [0.25, 0.3) is 11.1 Å². The first kappa shape index (κ1) is 36.3. The Labute approximate surface area is 279 Å². The number of aromatic nitrogens is 1. The van der Waals surface area contributed by atoms with E-state index >= 15 is 0 Å². The van der Waals surface area contributed by atoms with Gasteiger partial charge in [-0.25, -0.2) is 9.18 Å². The van der Waals surface area contributed by atoms with Gasteiger partial charge in [0, 0.05) is 42.9 Å². The van der Waals surface area contributed by atoms with Gasteiger partial charge in [-0.1, -0.05) is 38.1 Å². The maximum atomic E-state index is 13.3. The van der Waals surface area contributed by atoms with Crippen LogP contribution in [0.1, 0.15) is 83.0 Å². The molecule has 0 radical (unpaired) electrons. The molecule has 8 nitrogen and oxygen atoms in total. The number of carboxylic acid groups (broad SMARTS) is 1. The lowest BCUT2D eigenvalue weighted by Crippen LogP contribution is -2.39. The topological polar surface area (TPSA) is 90.4 Å². The van der Waals surface area contributed by atoms with Gasteiger partial charge in [-0.05, 0) is 88.3 Å². The first-order valence-corrected chi connectivity index (χ1v) is 16.6. The molecule has 1 fully saturated rings. The number of benzene rings is 2. The molecule has 0 bridgehead atoms. The Kier molecular flexibility index (Phi) is 12.4. The molecule has 1 aromatic heterocycles. The van der Waals surface area contributed by atoms with Gasteiger partial charge in [0.15, 0.2) is 6.10 Å². The van der Waals surface area contributed by atoms with Crippen molar-refractivity contribution in [2.45, 2.75) is 86.0 Å². The van der Waals surface area contributed by atoms with Crippen molar-refractivity contribution >= 4 is 11.7 Å². The summed E-state index contributed by atoms with van der Waals surface area (Å²) in [6.07, 6.45) is 1.33. The molecule has 0 saturated carbocycles. The number of anilines is 1. The number of hydrogen-bond donors (Lipinski definition) is 1. The summed E-state index contributed by atoms with van der Waals surface area (Å²) in [5.41, 5.74) is 4.94. The molecule has 3 aromatic rings. The summed E-state index contributed by atoms with van der Waals surface area (Å²) in [6, 6.07) is 14.3. The van der Waals surface area contributed by atoms with Crippen LogP contribution in [-0.2, 0) is 32.0 Å². The van der Waals surface area contributed by atoms with Gasteiger partial charge < -0.3 is 29.0 Å². The minimum atomic E-state index is -1.26. The Bertz CT molecular complexity index is 1460. The van der Waals surface area contributed by atoms with Gasteiger partial charge in [0.1, 0.15) is 11.6 Å². The summed E-state index contributed by atoms with van der Waals surface area (Å²) in [7, 11) is 0. The Morgan fingerprint density at radius 2 is 1.64 bits per heavy atom. The zero-order chi connectivity index (χ0) is 34.2. The summed E-state index contributed by atoms with van der Waals surface area (Å²) >= 11 is 0. The van der Waals surface area contributed by atoms with E-state index < -0.39 is 17.7 Å². The molecule has 1 N–H and O–H groups in total. The largest absolute Gasteiger partial charge is 0.493 e. The second-order valence-corrected chi connectivity index (χ2v) is 13.9. The van der Waals surface area contributed by atoms with E-state index in [-0.39, 0.29) is 17.8 Å². The van der Waals surface area contributed by atoms with E-state index in [9.17, 15) is 14.3 Å². The van der Waals surface area contributed by atoms with Crippen LogP contribution in [0.5, 0.6) is 5.75 Å². The van der Waals surface area contributed by atoms with Crippen LogP contribution in [0.15, 0.2) is 48.5 Å². The molecule has 0 spiro atoms. The van der Waals surface area contributed by atoms with Gasteiger partial charge in [-0.15, -0.1) is 0 Å². The monoisotopic (exact) mass is 650 g/mol. The van der Waals surface area contributed by atoms with Crippen molar-refractivity contribution in [1.29, 1.82) is 0 Å². The van der Waals surface area contributed by atoms with Crippen molar-refractivity contribution in [3.8, 4) is 16.9 Å². The molecule has 1 saturated heterocycles. The van der Waals surface area contributed by atoms with E-state index in [2.05, 4.69) is 18.7 Å². The van der Waals surface area contributed by atoms with Crippen LogP contribution in [-0.4, -0.2) is 61.2 Å². The summed E-state index contributed by atoms with van der Waals surface area (Å²) in [5.74, 6) is -0.620. The number of piperidine rings is 1. The van der Waals surface area contributed by atoms with Crippen LogP contribution in [0.3, 0.4) is 0 Å². The predicted octanol–water partition coefficient (Wildman–Crippen LogP) is 7.94. The average molecular weight is 651 g/mol. The molecule has 0 amide bonds. The number of carbonyl (C=O) groups is 1. The van der Waals surface area contributed by atoms with E-state index in [4.69, 9.17) is 23.9 Å². The molecule has 1 atom stereocenters. The molecule has 4 rings (SSSR count). The van der Waals surface area contributed by atoms with E-state index in [1.54, 1.807) is 12.1 Å². The Morgan fingerprint density at radius 1 is 1.00 bits per heavy atom. The molecule has 1 unspecified atom stereocenters. The lowest BCUT2D eigenvalue weighted by atomic mass is 9.81. The molecule has 2 heterocycles. The van der Waals surface area contributed by atoms with E-state index in [0.717, 1.165) is 54.0 Å². The first-order valence-electron chi connectivity index (χ1n) is 16.6. The lowest BCUT2D eigenvalue weighted by Gasteiger charge is -2.41. The Morgan fingerprint density at radius 3 is 2.23 bits per heavy atom. The number of rotatable bonds is 15. The normalized spacial score (nSPS) is 15.4. The smallest absolute Gasteiger partial charge is 0.337 e. The van der Waals surface area contributed by atoms with Crippen molar-refractivity contribution in [2.24, 2.45) is 5.41 Å². The van der Waals surface area contributed by atoms with Crippen molar-refractivity contribution in [3.05, 3.63) is 76.9 Å². The highest BCUT2D eigenvalue weighted by Gasteiger charge is 2.37. The van der Waals surface area contributed by atoms with Crippen molar-refractivity contribution in [3.63, 3.8) is 0 Å². The van der Waals surface area contributed by atoms with Crippen LogP contribution in [0.2, 0.25) is 0 Å². The van der Waals surface area contributed by atoms with Gasteiger partial charge in [0.2, 0.25) is 0 Å². The molecule has 256 valence electrons. The van der Waals surface area contributed by atoms with Crippen LogP contribution < -0.4 is 9.64 Å². The number of nitrogens with zero attached hydrogens (tertiary/aromatic N) is 2. The number of halogens is 1. The van der Waals surface area contributed by atoms with E-state index in [1.165, 1.54) is 12.1 Å². The van der Waals surface area contributed by atoms with E-state index in [1.807, 2.05) is 58.9 Å². The fourth-order valence-electron chi connectivity index (χ4n) is 5.83. The fourth-order valence-corrected chi connectivity index (χ4v) is 5.83. The molecule has 0 aliphatic carbocycles. The number of aliphatic carboxylic acids is 1. The quantitative estimate of drug-likeness (QED) is 0.166. The summed E-state index contributed by atoms with van der Waals surface area (Å²) < 4.78 is 37.1. The van der Waals surface area contributed by atoms with Crippen molar-refractivity contribution in [2.75, 3.05) is 44.4 Å². The SMILES string of the molecule is CCOCCOCc1nc(C)c(-c2ccc(OCCc3ccc(F)cc3)cc2)c(N2CCC(C)(C)CC2)c1C(OC(C)(C)C)C(=O)O. The lowest BCUT2D eigenvalue weighted by molar-refractivity contribution is -0.160. The molecule has 2 aromatic carbocycles. The average Bonchev–Trinajstić information content (AvgIpc) is 3.01. The zero-order valence-corrected chi connectivity index (χ0v) is 29.0. The number of carboxylic acids is 1. The number of pyridine rings is 1. The number of aryl methyl sites for hydroxylation is 1. The minimum absolute atomic E-state index is 0.133. The minimum Gasteiger partial charge on any atom is -0.493 e. The number of ether oxygens (including phenoxy) is 4. The summed E-state index contributed by atoms with van der Waals surface area (Å²) in [5, 5.41) is 10.6.